The molecule has 0 radical (unpaired) electrons. The number of esters is 2. The van der Waals surface area contributed by atoms with E-state index in [9.17, 15) is 9.59 Å². The molecule has 0 aromatic carbocycles. The summed E-state index contributed by atoms with van der Waals surface area (Å²) < 4.78 is 15.0. The summed E-state index contributed by atoms with van der Waals surface area (Å²) in [6, 6.07) is 2.97. The SMILES string of the molecule is COC(=O)c1cc(OC2CCCC2)cc(C(=O)OC)n1. The number of nitrogens with zero attached hydrogens (tertiary/aromatic N) is 1. The summed E-state index contributed by atoms with van der Waals surface area (Å²) in [4.78, 5) is 27.1. The fraction of sp³-hybridized carbons (Fsp3) is 0.500. The van der Waals surface area contributed by atoms with Crippen LogP contribution in [0.4, 0.5) is 0 Å². The zero-order valence-corrected chi connectivity index (χ0v) is 11.5. The van der Waals surface area contributed by atoms with Crippen LogP contribution in [0.5, 0.6) is 5.75 Å². The van der Waals surface area contributed by atoms with Crippen molar-refractivity contribution in [1.29, 1.82) is 0 Å². The Bertz CT molecular complexity index is 474. The van der Waals surface area contributed by atoms with E-state index in [0.29, 0.717) is 5.75 Å². The molecular formula is C14H17NO5. The number of ether oxygens (including phenoxy) is 3. The minimum absolute atomic E-state index is 0.0309. The van der Waals surface area contributed by atoms with Crippen molar-refractivity contribution in [2.75, 3.05) is 14.2 Å². The molecule has 0 amide bonds. The Kier molecular flexibility index (Phi) is 4.55. The fourth-order valence-electron chi connectivity index (χ4n) is 2.19. The quantitative estimate of drug-likeness (QED) is 0.784. The van der Waals surface area contributed by atoms with Crippen LogP contribution >= 0.6 is 0 Å². The van der Waals surface area contributed by atoms with Gasteiger partial charge in [0, 0.05) is 12.1 Å². The highest BCUT2D eigenvalue weighted by Gasteiger charge is 2.20. The lowest BCUT2D eigenvalue weighted by Crippen LogP contribution is -2.15. The first-order valence-electron chi connectivity index (χ1n) is 6.49. The molecule has 1 fully saturated rings. The third-order valence-electron chi connectivity index (χ3n) is 3.19. The van der Waals surface area contributed by atoms with Crippen molar-refractivity contribution in [3.8, 4) is 5.75 Å². The van der Waals surface area contributed by atoms with Gasteiger partial charge < -0.3 is 14.2 Å². The van der Waals surface area contributed by atoms with Gasteiger partial charge in [-0.3, -0.25) is 0 Å². The molecule has 108 valence electrons. The first kappa shape index (κ1) is 14.3. The summed E-state index contributed by atoms with van der Waals surface area (Å²) in [6.07, 6.45) is 4.33. The summed E-state index contributed by atoms with van der Waals surface area (Å²) in [6.45, 7) is 0. The summed E-state index contributed by atoms with van der Waals surface area (Å²) >= 11 is 0. The molecule has 20 heavy (non-hydrogen) atoms. The van der Waals surface area contributed by atoms with Crippen LogP contribution in [0.2, 0.25) is 0 Å². The van der Waals surface area contributed by atoms with Crippen molar-refractivity contribution in [2.24, 2.45) is 0 Å². The highest BCUT2D eigenvalue weighted by molar-refractivity contribution is 5.92. The molecular weight excluding hydrogens is 262 g/mol. The Labute approximate surface area is 117 Å². The molecule has 1 aromatic rings. The number of pyridine rings is 1. The van der Waals surface area contributed by atoms with Crippen LogP contribution in [0.25, 0.3) is 0 Å². The maximum atomic E-state index is 11.6. The lowest BCUT2D eigenvalue weighted by molar-refractivity contribution is 0.0584. The number of methoxy groups -OCH3 is 2. The van der Waals surface area contributed by atoms with Gasteiger partial charge in [-0.2, -0.15) is 0 Å². The number of carbonyl (C=O) groups excluding carboxylic acids is 2. The molecule has 1 aromatic heterocycles. The van der Waals surface area contributed by atoms with E-state index in [1.165, 1.54) is 26.4 Å². The van der Waals surface area contributed by atoms with E-state index in [1.807, 2.05) is 0 Å². The third-order valence-corrected chi connectivity index (χ3v) is 3.19. The van der Waals surface area contributed by atoms with E-state index >= 15 is 0 Å². The Morgan fingerprint density at radius 3 is 2.00 bits per heavy atom. The van der Waals surface area contributed by atoms with E-state index < -0.39 is 11.9 Å². The number of aromatic nitrogens is 1. The van der Waals surface area contributed by atoms with Crippen molar-refractivity contribution < 1.29 is 23.8 Å². The summed E-state index contributed by atoms with van der Waals surface area (Å²) in [5, 5.41) is 0. The van der Waals surface area contributed by atoms with Gasteiger partial charge in [-0.15, -0.1) is 0 Å². The van der Waals surface area contributed by atoms with Crippen LogP contribution in [-0.4, -0.2) is 37.2 Å². The van der Waals surface area contributed by atoms with Gasteiger partial charge in [0.15, 0.2) is 11.4 Å². The Morgan fingerprint density at radius 1 is 1.05 bits per heavy atom. The van der Waals surface area contributed by atoms with Crippen LogP contribution in [0.1, 0.15) is 46.7 Å². The minimum atomic E-state index is -0.618. The standard InChI is InChI=1S/C14H17NO5/c1-18-13(16)11-7-10(20-9-5-3-4-6-9)8-12(15-11)14(17)19-2/h7-9H,3-6H2,1-2H3. The number of rotatable bonds is 4. The molecule has 0 atom stereocenters. The van der Waals surface area contributed by atoms with Gasteiger partial charge in [0.1, 0.15) is 5.75 Å². The van der Waals surface area contributed by atoms with Gasteiger partial charge in [0.25, 0.3) is 0 Å². The van der Waals surface area contributed by atoms with Crippen molar-refractivity contribution in [2.45, 2.75) is 31.8 Å². The molecule has 0 bridgehead atoms. The van der Waals surface area contributed by atoms with E-state index in [1.54, 1.807) is 0 Å². The van der Waals surface area contributed by atoms with Crippen molar-refractivity contribution in [1.82, 2.24) is 4.98 Å². The second-order valence-electron chi connectivity index (χ2n) is 4.58. The Hall–Kier alpha value is -2.11. The third kappa shape index (κ3) is 3.26. The maximum absolute atomic E-state index is 11.6. The maximum Gasteiger partial charge on any atom is 0.356 e. The lowest BCUT2D eigenvalue weighted by atomic mass is 10.2. The molecule has 6 nitrogen and oxygen atoms in total. The molecule has 0 spiro atoms. The van der Waals surface area contributed by atoms with Crippen LogP contribution in [0.3, 0.4) is 0 Å². The van der Waals surface area contributed by atoms with E-state index in [-0.39, 0.29) is 17.5 Å². The van der Waals surface area contributed by atoms with Crippen LogP contribution in [-0.2, 0) is 9.47 Å². The van der Waals surface area contributed by atoms with Gasteiger partial charge in [0.05, 0.1) is 20.3 Å². The van der Waals surface area contributed by atoms with Gasteiger partial charge in [-0.05, 0) is 25.7 Å². The summed E-state index contributed by atoms with van der Waals surface area (Å²) in [5.74, 6) is -0.799. The van der Waals surface area contributed by atoms with E-state index in [4.69, 9.17) is 4.74 Å². The first-order chi connectivity index (χ1) is 9.63. The molecule has 6 heteroatoms. The molecule has 0 N–H and O–H groups in total. The number of carbonyl (C=O) groups is 2. The zero-order chi connectivity index (χ0) is 14.5. The van der Waals surface area contributed by atoms with Crippen LogP contribution in [0, 0.1) is 0 Å². The van der Waals surface area contributed by atoms with Crippen molar-refractivity contribution in [3.63, 3.8) is 0 Å². The normalized spacial score (nSPS) is 14.9. The van der Waals surface area contributed by atoms with E-state index in [0.717, 1.165) is 25.7 Å². The lowest BCUT2D eigenvalue weighted by Gasteiger charge is -2.14. The van der Waals surface area contributed by atoms with Gasteiger partial charge in [-0.25, -0.2) is 14.6 Å². The molecule has 1 aliphatic carbocycles. The van der Waals surface area contributed by atoms with E-state index in [2.05, 4.69) is 14.5 Å². The smallest absolute Gasteiger partial charge is 0.356 e. The number of hydrogen-bond donors (Lipinski definition) is 0. The second-order valence-corrected chi connectivity index (χ2v) is 4.58. The Morgan fingerprint density at radius 2 is 1.55 bits per heavy atom. The van der Waals surface area contributed by atoms with Crippen molar-refractivity contribution in [3.05, 3.63) is 23.5 Å². The fourth-order valence-corrected chi connectivity index (χ4v) is 2.19. The van der Waals surface area contributed by atoms with Gasteiger partial charge >= 0.3 is 11.9 Å². The van der Waals surface area contributed by atoms with Gasteiger partial charge in [-0.1, -0.05) is 0 Å². The molecule has 2 rings (SSSR count). The highest BCUT2D eigenvalue weighted by atomic mass is 16.5. The summed E-state index contributed by atoms with van der Waals surface area (Å²) in [5.41, 5.74) is 0.0618. The predicted octanol–water partition coefficient (Wildman–Crippen LogP) is 1.98. The molecule has 0 aliphatic heterocycles. The second kappa shape index (κ2) is 6.36. The Balaban J connectivity index is 2.28. The zero-order valence-electron chi connectivity index (χ0n) is 11.5. The van der Waals surface area contributed by atoms with Crippen LogP contribution in [0.15, 0.2) is 12.1 Å². The van der Waals surface area contributed by atoms with Gasteiger partial charge in [0.2, 0.25) is 0 Å². The topological polar surface area (TPSA) is 74.7 Å². The minimum Gasteiger partial charge on any atom is -0.490 e. The number of hydrogen-bond acceptors (Lipinski definition) is 6. The average molecular weight is 279 g/mol. The molecule has 1 saturated carbocycles. The molecule has 1 aliphatic rings. The van der Waals surface area contributed by atoms with Crippen molar-refractivity contribution >= 4 is 11.9 Å². The molecule has 0 unspecified atom stereocenters. The predicted molar refractivity (Wildman–Crippen MR) is 69.8 cm³/mol. The highest BCUT2D eigenvalue weighted by Crippen LogP contribution is 2.25. The summed E-state index contributed by atoms with van der Waals surface area (Å²) in [7, 11) is 2.51. The van der Waals surface area contributed by atoms with Crippen LogP contribution < -0.4 is 4.74 Å². The largest absolute Gasteiger partial charge is 0.490 e. The average Bonchev–Trinajstić information content (AvgIpc) is 2.98. The molecule has 0 saturated heterocycles. The molecule has 1 heterocycles. The monoisotopic (exact) mass is 279 g/mol. The first-order valence-corrected chi connectivity index (χ1v) is 6.49.